The fourth-order valence-electron chi connectivity index (χ4n) is 2.26. The van der Waals surface area contributed by atoms with E-state index in [9.17, 15) is 14.0 Å². The Kier molecular flexibility index (Phi) is 7.14. The van der Waals surface area contributed by atoms with E-state index in [1.807, 2.05) is 25.1 Å². The lowest BCUT2D eigenvalue weighted by molar-refractivity contribution is -0.156. The molecule has 138 valence electrons. The molecule has 0 aliphatic carbocycles. The van der Waals surface area contributed by atoms with E-state index in [0.29, 0.717) is 18.7 Å². The van der Waals surface area contributed by atoms with Crippen LogP contribution in [0.2, 0.25) is 0 Å². The fourth-order valence-corrected chi connectivity index (χ4v) is 2.26. The number of ether oxygens (including phenoxy) is 2. The Morgan fingerprint density at radius 1 is 1.12 bits per heavy atom. The molecule has 0 radical (unpaired) electrons. The topological polar surface area (TPSA) is 64.6 Å². The van der Waals surface area contributed by atoms with E-state index in [0.717, 1.165) is 11.1 Å². The molecule has 0 fully saturated rings. The minimum absolute atomic E-state index is 0.266. The standard InChI is InChI=1S/C20H22FNO4/c1-14-5-3-4-6-18(14)25-13-19(23)26-15(2)20(24)22-12-11-16-7-9-17(21)10-8-16/h3-10,15H,11-13H2,1-2H3,(H,22,24)/t15-/m0/s1. The monoisotopic (exact) mass is 359 g/mol. The van der Waals surface area contributed by atoms with Crippen molar-refractivity contribution in [3.63, 3.8) is 0 Å². The Morgan fingerprint density at radius 3 is 2.50 bits per heavy atom. The van der Waals surface area contributed by atoms with Crippen LogP contribution in [0.25, 0.3) is 0 Å². The van der Waals surface area contributed by atoms with Gasteiger partial charge in [0.2, 0.25) is 0 Å². The van der Waals surface area contributed by atoms with Gasteiger partial charge in [0, 0.05) is 6.54 Å². The first-order valence-electron chi connectivity index (χ1n) is 8.36. The van der Waals surface area contributed by atoms with Crippen LogP contribution in [0.4, 0.5) is 4.39 Å². The fraction of sp³-hybridized carbons (Fsp3) is 0.300. The molecule has 0 unspecified atom stereocenters. The van der Waals surface area contributed by atoms with Crippen molar-refractivity contribution in [2.24, 2.45) is 0 Å². The number of halogens is 1. The summed E-state index contributed by atoms with van der Waals surface area (Å²) in [6.45, 7) is 3.47. The molecule has 0 aromatic heterocycles. The molecule has 5 nitrogen and oxygen atoms in total. The quantitative estimate of drug-likeness (QED) is 0.736. The smallest absolute Gasteiger partial charge is 0.344 e. The molecule has 0 spiro atoms. The van der Waals surface area contributed by atoms with E-state index in [4.69, 9.17) is 9.47 Å². The zero-order valence-corrected chi connectivity index (χ0v) is 14.8. The number of hydrogen-bond donors (Lipinski definition) is 1. The van der Waals surface area contributed by atoms with E-state index in [-0.39, 0.29) is 12.4 Å². The number of benzene rings is 2. The van der Waals surface area contributed by atoms with Crippen LogP contribution >= 0.6 is 0 Å². The number of rotatable bonds is 8. The second-order valence-electron chi connectivity index (χ2n) is 5.85. The summed E-state index contributed by atoms with van der Waals surface area (Å²) in [5.74, 6) is -0.710. The number of aryl methyl sites for hydroxylation is 1. The van der Waals surface area contributed by atoms with Crippen molar-refractivity contribution in [2.45, 2.75) is 26.4 Å². The van der Waals surface area contributed by atoms with Gasteiger partial charge in [-0.25, -0.2) is 9.18 Å². The highest BCUT2D eigenvalue weighted by atomic mass is 19.1. The van der Waals surface area contributed by atoms with Crippen LogP contribution in [-0.4, -0.2) is 31.1 Å². The summed E-state index contributed by atoms with van der Waals surface area (Å²) in [7, 11) is 0. The number of carbonyl (C=O) groups excluding carboxylic acids is 2. The first-order valence-corrected chi connectivity index (χ1v) is 8.36. The lowest BCUT2D eigenvalue weighted by Crippen LogP contribution is -2.37. The normalized spacial score (nSPS) is 11.5. The molecule has 0 aliphatic rings. The summed E-state index contributed by atoms with van der Waals surface area (Å²) in [6, 6.07) is 13.4. The van der Waals surface area contributed by atoms with E-state index >= 15 is 0 Å². The van der Waals surface area contributed by atoms with Crippen LogP contribution in [0, 0.1) is 12.7 Å². The lowest BCUT2D eigenvalue weighted by Gasteiger charge is -2.14. The maximum Gasteiger partial charge on any atom is 0.344 e. The molecule has 2 aromatic carbocycles. The van der Waals surface area contributed by atoms with Gasteiger partial charge >= 0.3 is 5.97 Å². The van der Waals surface area contributed by atoms with Gasteiger partial charge in [-0.05, 0) is 49.6 Å². The van der Waals surface area contributed by atoms with Crippen LogP contribution < -0.4 is 10.1 Å². The average Bonchev–Trinajstić information content (AvgIpc) is 2.62. The molecule has 26 heavy (non-hydrogen) atoms. The minimum Gasteiger partial charge on any atom is -0.482 e. The van der Waals surface area contributed by atoms with Gasteiger partial charge in [-0.2, -0.15) is 0 Å². The molecule has 2 aromatic rings. The molecule has 1 atom stereocenters. The van der Waals surface area contributed by atoms with Crippen LogP contribution in [0.5, 0.6) is 5.75 Å². The highest BCUT2D eigenvalue weighted by Crippen LogP contribution is 2.16. The number of nitrogens with one attached hydrogen (secondary N) is 1. The molecular weight excluding hydrogens is 337 g/mol. The lowest BCUT2D eigenvalue weighted by atomic mass is 10.1. The molecule has 0 saturated heterocycles. The Bertz CT molecular complexity index is 746. The number of carbonyl (C=O) groups is 2. The summed E-state index contributed by atoms with van der Waals surface area (Å²) in [5.41, 5.74) is 1.81. The van der Waals surface area contributed by atoms with Crippen LogP contribution in [0.3, 0.4) is 0 Å². The van der Waals surface area contributed by atoms with Gasteiger partial charge in [-0.15, -0.1) is 0 Å². The summed E-state index contributed by atoms with van der Waals surface area (Å²) in [6.07, 6.45) is -0.362. The highest BCUT2D eigenvalue weighted by Gasteiger charge is 2.17. The van der Waals surface area contributed by atoms with E-state index in [1.165, 1.54) is 19.1 Å². The zero-order valence-electron chi connectivity index (χ0n) is 14.8. The first kappa shape index (κ1) is 19.4. The van der Waals surface area contributed by atoms with E-state index in [1.54, 1.807) is 18.2 Å². The molecule has 0 heterocycles. The molecule has 0 saturated carbocycles. The summed E-state index contributed by atoms with van der Waals surface area (Å²) < 4.78 is 23.3. The number of hydrogen-bond acceptors (Lipinski definition) is 4. The third-order valence-corrected chi connectivity index (χ3v) is 3.74. The van der Waals surface area contributed by atoms with Crippen molar-refractivity contribution < 1.29 is 23.5 Å². The van der Waals surface area contributed by atoms with E-state index < -0.39 is 18.0 Å². The molecular formula is C20H22FNO4. The SMILES string of the molecule is Cc1ccccc1OCC(=O)O[C@@H](C)C(=O)NCCc1ccc(F)cc1. The van der Waals surface area contributed by atoms with Gasteiger partial charge in [0.25, 0.3) is 5.91 Å². The van der Waals surface area contributed by atoms with Crippen molar-refractivity contribution in [1.82, 2.24) is 5.32 Å². The van der Waals surface area contributed by atoms with Gasteiger partial charge in [-0.1, -0.05) is 30.3 Å². The van der Waals surface area contributed by atoms with Gasteiger partial charge in [0.1, 0.15) is 11.6 Å². The second kappa shape index (κ2) is 9.56. The third-order valence-electron chi connectivity index (χ3n) is 3.74. The van der Waals surface area contributed by atoms with Crippen molar-refractivity contribution >= 4 is 11.9 Å². The number of para-hydroxylation sites is 1. The third kappa shape index (κ3) is 6.20. The molecule has 0 bridgehead atoms. The van der Waals surface area contributed by atoms with Crippen LogP contribution in [0.15, 0.2) is 48.5 Å². The summed E-state index contributed by atoms with van der Waals surface area (Å²) in [5, 5.41) is 2.68. The zero-order chi connectivity index (χ0) is 18.9. The van der Waals surface area contributed by atoms with Crippen molar-refractivity contribution in [3.05, 3.63) is 65.5 Å². The predicted octanol–water partition coefficient (Wildman–Crippen LogP) is 2.80. The van der Waals surface area contributed by atoms with E-state index in [2.05, 4.69) is 5.32 Å². The summed E-state index contributed by atoms with van der Waals surface area (Å²) >= 11 is 0. The van der Waals surface area contributed by atoms with Crippen molar-refractivity contribution in [1.29, 1.82) is 0 Å². The van der Waals surface area contributed by atoms with Gasteiger partial charge in [-0.3, -0.25) is 4.79 Å². The predicted molar refractivity (Wildman–Crippen MR) is 95.3 cm³/mol. The minimum atomic E-state index is -0.920. The molecule has 6 heteroatoms. The van der Waals surface area contributed by atoms with Gasteiger partial charge in [0.05, 0.1) is 0 Å². The second-order valence-corrected chi connectivity index (χ2v) is 5.85. The summed E-state index contributed by atoms with van der Waals surface area (Å²) in [4.78, 5) is 23.8. The van der Waals surface area contributed by atoms with Crippen LogP contribution in [0.1, 0.15) is 18.1 Å². The highest BCUT2D eigenvalue weighted by molar-refractivity contribution is 5.83. The molecule has 1 N–H and O–H groups in total. The number of esters is 1. The average molecular weight is 359 g/mol. The van der Waals surface area contributed by atoms with Crippen LogP contribution in [-0.2, 0) is 20.7 Å². The molecule has 1 amide bonds. The maximum absolute atomic E-state index is 12.8. The molecule has 2 rings (SSSR count). The Hall–Kier alpha value is -2.89. The largest absolute Gasteiger partial charge is 0.482 e. The van der Waals surface area contributed by atoms with Gasteiger partial charge < -0.3 is 14.8 Å². The van der Waals surface area contributed by atoms with Gasteiger partial charge in [0.15, 0.2) is 12.7 Å². The van der Waals surface area contributed by atoms with Crippen molar-refractivity contribution in [3.8, 4) is 5.75 Å². The number of amides is 1. The Labute approximate surface area is 152 Å². The Balaban J connectivity index is 1.69. The maximum atomic E-state index is 12.8. The molecule has 0 aliphatic heterocycles. The first-order chi connectivity index (χ1) is 12.5. The Morgan fingerprint density at radius 2 is 1.81 bits per heavy atom. The van der Waals surface area contributed by atoms with Crippen molar-refractivity contribution in [2.75, 3.05) is 13.2 Å².